The Morgan fingerprint density at radius 2 is 2.24 bits per heavy atom. The van der Waals surface area contributed by atoms with Gasteiger partial charge in [0.25, 0.3) is 0 Å². The number of methoxy groups -OCH3 is 1. The van der Waals surface area contributed by atoms with Gasteiger partial charge in [-0.2, -0.15) is 0 Å². The summed E-state index contributed by atoms with van der Waals surface area (Å²) in [6.07, 6.45) is 4.79. The Morgan fingerprint density at radius 3 is 2.96 bits per heavy atom. The Labute approximate surface area is 155 Å². The number of nitrogens with one attached hydrogen (secondary N) is 1. The van der Waals surface area contributed by atoms with Crippen molar-refractivity contribution in [2.45, 2.75) is 11.3 Å². The van der Waals surface area contributed by atoms with Crippen molar-refractivity contribution in [2.24, 2.45) is 0 Å². The van der Waals surface area contributed by atoms with E-state index >= 15 is 0 Å². The van der Waals surface area contributed by atoms with E-state index in [9.17, 15) is 4.79 Å². The number of nitrogens with zero attached hydrogens (tertiary/aromatic N) is 2. The molecule has 132 valence electrons. The molecule has 0 aliphatic heterocycles. The van der Waals surface area contributed by atoms with Crippen molar-refractivity contribution in [3.63, 3.8) is 0 Å². The molecule has 2 aromatic rings. The predicted octanol–water partition coefficient (Wildman–Crippen LogP) is 3.88. The Morgan fingerprint density at radius 1 is 1.40 bits per heavy atom. The number of rotatable bonds is 9. The van der Waals surface area contributed by atoms with Gasteiger partial charge in [-0.15, -0.1) is 10.2 Å². The van der Waals surface area contributed by atoms with E-state index < -0.39 is 0 Å². The summed E-state index contributed by atoms with van der Waals surface area (Å²) in [5, 5.41) is 11.1. The van der Waals surface area contributed by atoms with Gasteiger partial charge < -0.3 is 9.47 Å². The summed E-state index contributed by atoms with van der Waals surface area (Å²) in [4.78, 5) is 12.0. The molecule has 0 unspecified atom stereocenters. The molecule has 1 heterocycles. The number of aromatic nitrogens is 2. The Bertz CT molecular complexity index is 759. The molecule has 0 aliphatic rings. The average Bonchev–Trinajstić information content (AvgIpc) is 3.05. The van der Waals surface area contributed by atoms with Gasteiger partial charge >= 0.3 is 0 Å². The molecule has 1 aromatic carbocycles. The Kier molecular flexibility index (Phi) is 7.49. The first-order valence-corrected chi connectivity index (χ1v) is 9.33. The van der Waals surface area contributed by atoms with E-state index in [1.807, 2.05) is 13.0 Å². The second-order valence-corrected chi connectivity index (χ2v) is 7.13. The number of amides is 1. The van der Waals surface area contributed by atoms with Gasteiger partial charge in [-0.3, -0.25) is 10.1 Å². The van der Waals surface area contributed by atoms with Crippen molar-refractivity contribution < 1.29 is 14.3 Å². The smallest absolute Gasteiger partial charge is 0.250 e. The minimum atomic E-state index is -0.268. The van der Waals surface area contributed by atoms with Crippen LogP contribution in [0.1, 0.15) is 12.5 Å². The number of benzene rings is 1. The summed E-state index contributed by atoms with van der Waals surface area (Å²) in [6, 6.07) is 5.42. The van der Waals surface area contributed by atoms with Gasteiger partial charge in [0.15, 0.2) is 15.8 Å². The summed E-state index contributed by atoms with van der Waals surface area (Å²) in [5.74, 6) is 1.86. The maximum absolute atomic E-state index is 12.0. The van der Waals surface area contributed by atoms with Crippen molar-refractivity contribution in [3.8, 4) is 11.5 Å². The summed E-state index contributed by atoms with van der Waals surface area (Å²) in [6.45, 7) is 6.05. The van der Waals surface area contributed by atoms with Crippen molar-refractivity contribution in [3.05, 3.63) is 42.5 Å². The molecule has 1 N–H and O–H groups in total. The lowest BCUT2D eigenvalue weighted by Crippen LogP contribution is -2.07. The number of thioether (sulfide) groups is 1. The molecule has 1 aromatic heterocycles. The fourth-order valence-electron chi connectivity index (χ4n) is 1.82. The first-order chi connectivity index (χ1) is 12.2. The summed E-state index contributed by atoms with van der Waals surface area (Å²) >= 11 is 2.94. The van der Waals surface area contributed by atoms with Crippen molar-refractivity contribution in [1.82, 2.24) is 10.2 Å². The summed E-state index contributed by atoms with van der Waals surface area (Å²) in [5.41, 5.74) is 0.817. The summed E-state index contributed by atoms with van der Waals surface area (Å²) < 4.78 is 11.6. The molecule has 0 saturated heterocycles. The topological polar surface area (TPSA) is 73.3 Å². The number of anilines is 1. The number of carbonyl (C=O) groups excluding carboxylic acids is 1. The summed E-state index contributed by atoms with van der Waals surface area (Å²) in [7, 11) is 1.57. The van der Waals surface area contributed by atoms with Crippen molar-refractivity contribution >= 4 is 40.2 Å². The monoisotopic (exact) mass is 377 g/mol. The molecule has 0 spiro atoms. The van der Waals surface area contributed by atoms with Crippen LogP contribution in [0.3, 0.4) is 0 Å². The second kappa shape index (κ2) is 9.85. The SMILES string of the molecule is C=CCOc1ccc(/C=C/C(=O)Nc2nnc(SCC)s2)cc1OC. The van der Waals surface area contributed by atoms with Crippen LogP contribution in [0.5, 0.6) is 11.5 Å². The molecule has 0 fully saturated rings. The molecular formula is C17H19N3O3S2. The lowest BCUT2D eigenvalue weighted by Gasteiger charge is -2.09. The van der Waals surface area contributed by atoms with Crippen LogP contribution in [0.25, 0.3) is 6.08 Å². The Balaban J connectivity index is 1.99. The molecule has 25 heavy (non-hydrogen) atoms. The molecule has 0 bridgehead atoms. The highest BCUT2D eigenvalue weighted by molar-refractivity contribution is 8.01. The fraction of sp³-hybridized carbons (Fsp3) is 0.235. The molecule has 1 amide bonds. The minimum Gasteiger partial charge on any atom is -0.493 e. The third-order valence-corrected chi connectivity index (χ3v) is 4.73. The number of ether oxygens (including phenoxy) is 2. The third-order valence-electron chi connectivity index (χ3n) is 2.88. The molecule has 0 radical (unpaired) electrons. The van der Waals surface area contributed by atoms with Crippen LogP contribution in [-0.4, -0.2) is 35.6 Å². The van der Waals surface area contributed by atoms with Gasteiger partial charge in [-0.25, -0.2) is 0 Å². The highest BCUT2D eigenvalue weighted by Gasteiger charge is 2.07. The maximum Gasteiger partial charge on any atom is 0.250 e. The lowest BCUT2D eigenvalue weighted by atomic mass is 10.2. The predicted molar refractivity (Wildman–Crippen MR) is 103 cm³/mol. The number of hydrogen-bond acceptors (Lipinski definition) is 7. The van der Waals surface area contributed by atoms with Crippen LogP contribution < -0.4 is 14.8 Å². The largest absolute Gasteiger partial charge is 0.493 e. The van der Waals surface area contributed by atoms with Crippen LogP contribution >= 0.6 is 23.1 Å². The average molecular weight is 377 g/mol. The van der Waals surface area contributed by atoms with Gasteiger partial charge in [0.05, 0.1) is 7.11 Å². The molecular weight excluding hydrogens is 358 g/mol. The van der Waals surface area contributed by atoms with Crippen LogP contribution in [0, 0.1) is 0 Å². The van der Waals surface area contributed by atoms with Crippen molar-refractivity contribution in [2.75, 3.05) is 24.8 Å². The maximum atomic E-state index is 12.0. The quantitative estimate of drug-likeness (QED) is 0.309. The highest BCUT2D eigenvalue weighted by atomic mass is 32.2. The van der Waals surface area contributed by atoms with Gasteiger partial charge in [0.2, 0.25) is 11.0 Å². The van der Waals surface area contributed by atoms with E-state index in [4.69, 9.17) is 9.47 Å². The van der Waals surface area contributed by atoms with E-state index in [2.05, 4.69) is 22.1 Å². The van der Waals surface area contributed by atoms with E-state index in [-0.39, 0.29) is 5.91 Å². The van der Waals surface area contributed by atoms with Gasteiger partial charge in [-0.05, 0) is 29.5 Å². The molecule has 6 nitrogen and oxygen atoms in total. The fourth-order valence-corrected chi connectivity index (χ4v) is 3.47. The molecule has 0 aliphatic carbocycles. The van der Waals surface area contributed by atoms with E-state index in [1.165, 1.54) is 17.4 Å². The number of carbonyl (C=O) groups is 1. The second-order valence-electron chi connectivity index (χ2n) is 4.64. The van der Waals surface area contributed by atoms with Crippen molar-refractivity contribution in [1.29, 1.82) is 0 Å². The highest BCUT2D eigenvalue weighted by Crippen LogP contribution is 2.28. The van der Waals surface area contributed by atoms with Crippen LogP contribution in [0.2, 0.25) is 0 Å². The van der Waals surface area contributed by atoms with Gasteiger partial charge in [0.1, 0.15) is 6.61 Å². The molecule has 8 heteroatoms. The number of hydrogen-bond donors (Lipinski definition) is 1. The normalized spacial score (nSPS) is 10.6. The molecule has 2 rings (SSSR count). The first kappa shape index (κ1) is 19.0. The van der Waals surface area contributed by atoms with Crippen LogP contribution in [0.4, 0.5) is 5.13 Å². The van der Waals surface area contributed by atoms with E-state index in [1.54, 1.807) is 43.2 Å². The van der Waals surface area contributed by atoms with Crippen LogP contribution in [-0.2, 0) is 4.79 Å². The minimum absolute atomic E-state index is 0.268. The Hall–Kier alpha value is -2.32. The molecule has 0 atom stereocenters. The van der Waals surface area contributed by atoms with E-state index in [0.717, 1.165) is 15.7 Å². The standard InChI is InChI=1S/C17H19N3O3S2/c1-4-10-23-13-8-6-12(11-14(13)22-3)7-9-15(21)18-16-19-20-17(25-16)24-5-2/h4,6-9,11H,1,5,10H2,2-3H3,(H,18,19,21)/b9-7+. The zero-order chi connectivity index (χ0) is 18.1. The lowest BCUT2D eigenvalue weighted by molar-refractivity contribution is -0.111. The van der Waals surface area contributed by atoms with Gasteiger partial charge in [0, 0.05) is 6.08 Å². The zero-order valence-corrected chi connectivity index (χ0v) is 15.7. The first-order valence-electron chi connectivity index (χ1n) is 7.53. The van der Waals surface area contributed by atoms with Crippen LogP contribution in [0.15, 0.2) is 41.3 Å². The third kappa shape index (κ3) is 5.91. The van der Waals surface area contributed by atoms with E-state index in [0.29, 0.717) is 23.2 Å². The molecule has 0 saturated carbocycles. The zero-order valence-electron chi connectivity index (χ0n) is 14.0. The van der Waals surface area contributed by atoms with Gasteiger partial charge in [-0.1, -0.05) is 48.7 Å².